The number of benzene rings is 2. The van der Waals surface area contributed by atoms with E-state index in [2.05, 4.69) is 20.9 Å². The fraction of sp³-hybridized carbons (Fsp3) is 0.269. The molecule has 0 spiro atoms. The number of aromatic nitrogens is 1. The molecule has 0 unspecified atom stereocenters. The number of methoxy groups -OCH3 is 3. The van der Waals surface area contributed by atoms with Gasteiger partial charge < -0.3 is 18.9 Å². The third-order valence-electron chi connectivity index (χ3n) is 5.73. The monoisotopic (exact) mass is 572 g/mol. The highest BCUT2D eigenvalue weighted by atomic mass is 79.9. The number of nitrogens with zero attached hydrogens (tertiary/aromatic N) is 2. The fourth-order valence-corrected chi connectivity index (χ4v) is 5.65. The molecule has 0 bridgehead atoms. The summed E-state index contributed by atoms with van der Waals surface area (Å²) >= 11 is 4.76. The van der Waals surface area contributed by atoms with Gasteiger partial charge in [0.15, 0.2) is 4.80 Å². The molecule has 0 saturated carbocycles. The molecule has 1 aromatic heterocycles. The second-order valence-corrected chi connectivity index (χ2v) is 9.67. The van der Waals surface area contributed by atoms with Crippen LogP contribution in [0.15, 0.2) is 61.9 Å². The molecular weight excluding hydrogens is 548 g/mol. The van der Waals surface area contributed by atoms with Crippen LogP contribution in [0.5, 0.6) is 17.2 Å². The summed E-state index contributed by atoms with van der Waals surface area (Å²) in [7, 11) is 4.72. The van der Waals surface area contributed by atoms with Gasteiger partial charge in [0.05, 0.1) is 54.3 Å². The molecule has 3 aromatic rings. The lowest BCUT2D eigenvalue weighted by Crippen LogP contribution is -2.40. The van der Waals surface area contributed by atoms with Crippen molar-refractivity contribution in [3.05, 3.63) is 83.0 Å². The highest BCUT2D eigenvalue weighted by Crippen LogP contribution is 2.35. The van der Waals surface area contributed by atoms with Crippen molar-refractivity contribution in [2.24, 2.45) is 4.99 Å². The molecule has 1 aliphatic heterocycles. The molecule has 36 heavy (non-hydrogen) atoms. The quantitative estimate of drug-likeness (QED) is 0.402. The van der Waals surface area contributed by atoms with Gasteiger partial charge >= 0.3 is 5.97 Å². The Hall–Kier alpha value is -3.37. The minimum Gasteiger partial charge on any atom is -0.497 e. The summed E-state index contributed by atoms with van der Waals surface area (Å²) in [6.45, 7) is 3.69. The Morgan fingerprint density at radius 3 is 2.47 bits per heavy atom. The summed E-state index contributed by atoms with van der Waals surface area (Å²) in [4.78, 5) is 31.9. The number of esters is 1. The molecule has 2 heterocycles. The predicted octanol–water partition coefficient (Wildman–Crippen LogP) is 3.59. The van der Waals surface area contributed by atoms with E-state index in [1.165, 1.54) is 15.9 Å². The van der Waals surface area contributed by atoms with Crippen LogP contribution in [0.25, 0.3) is 6.08 Å². The number of ether oxygens (including phenoxy) is 4. The smallest absolute Gasteiger partial charge is 0.338 e. The first kappa shape index (κ1) is 25.7. The van der Waals surface area contributed by atoms with Crippen molar-refractivity contribution in [1.82, 2.24) is 4.57 Å². The van der Waals surface area contributed by atoms with Gasteiger partial charge in [0.25, 0.3) is 5.56 Å². The second kappa shape index (κ2) is 10.7. The molecular formula is C26H25BrN2O6S. The number of fused-ring (bicyclic) bond motifs is 1. The van der Waals surface area contributed by atoms with Crippen LogP contribution in [0.2, 0.25) is 0 Å². The Bertz CT molecular complexity index is 1540. The maximum absolute atomic E-state index is 13.8. The highest BCUT2D eigenvalue weighted by Gasteiger charge is 2.33. The van der Waals surface area contributed by atoms with Gasteiger partial charge in [-0.25, -0.2) is 9.79 Å². The average molecular weight is 573 g/mol. The number of hydrogen-bond acceptors (Lipinski definition) is 8. The second-order valence-electron chi connectivity index (χ2n) is 7.80. The number of hydrogen-bond donors (Lipinski definition) is 0. The lowest BCUT2D eigenvalue weighted by atomic mass is 9.96. The summed E-state index contributed by atoms with van der Waals surface area (Å²) in [6, 6.07) is 10.1. The van der Waals surface area contributed by atoms with E-state index in [9.17, 15) is 9.59 Å². The van der Waals surface area contributed by atoms with Crippen LogP contribution in [-0.4, -0.2) is 38.5 Å². The van der Waals surface area contributed by atoms with Gasteiger partial charge in [-0.3, -0.25) is 9.36 Å². The number of rotatable bonds is 7. The zero-order valence-electron chi connectivity index (χ0n) is 20.5. The number of allylic oxidation sites excluding steroid dienone is 1. The summed E-state index contributed by atoms with van der Waals surface area (Å²) in [5, 5.41) is 0. The van der Waals surface area contributed by atoms with Crippen molar-refractivity contribution in [1.29, 1.82) is 0 Å². The van der Waals surface area contributed by atoms with Crippen LogP contribution in [0.3, 0.4) is 0 Å². The Kier molecular flexibility index (Phi) is 7.65. The van der Waals surface area contributed by atoms with Crippen molar-refractivity contribution in [2.75, 3.05) is 27.9 Å². The third-order valence-corrected chi connectivity index (χ3v) is 7.33. The average Bonchev–Trinajstić information content (AvgIpc) is 3.17. The zero-order chi connectivity index (χ0) is 26.0. The summed E-state index contributed by atoms with van der Waals surface area (Å²) < 4.78 is 24.2. The normalized spacial score (nSPS) is 15.3. The van der Waals surface area contributed by atoms with Gasteiger partial charge in [-0.15, -0.1) is 0 Å². The summed E-state index contributed by atoms with van der Waals surface area (Å²) in [5.74, 6) is 1.35. The Labute approximate surface area is 220 Å². The SMILES string of the molecule is CCOC(=O)C1=C(C)N=c2s/c(=C/c3cc(OC)ccc3OC)c(=O)n2[C@H]1c1ccc(OC)c(Br)c1. The molecule has 0 N–H and O–H groups in total. The maximum Gasteiger partial charge on any atom is 0.338 e. The van der Waals surface area contributed by atoms with E-state index in [1.54, 1.807) is 65.5 Å². The van der Waals surface area contributed by atoms with Crippen LogP contribution < -0.4 is 29.1 Å². The van der Waals surface area contributed by atoms with Crippen LogP contribution >= 0.6 is 27.3 Å². The third kappa shape index (κ3) is 4.70. The van der Waals surface area contributed by atoms with Crippen LogP contribution in [0.4, 0.5) is 0 Å². The number of carbonyl (C=O) groups is 1. The van der Waals surface area contributed by atoms with E-state index in [4.69, 9.17) is 18.9 Å². The molecule has 0 fully saturated rings. The molecule has 0 amide bonds. The van der Waals surface area contributed by atoms with E-state index < -0.39 is 12.0 Å². The molecule has 188 valence electrons. The summed E-state index contributed by atoms with van der Waals surface area (Å²) in [6.07, 6.45) is 1.75. The largest absolute Gasteiger partial charge is 0.497 e. The van der Waals surface area contributed by atoms with Gasteiger partial charge in [0.2, 0.25) is 0 Å². The lowest BCUT2D eigenvalue weighted by Gasteiger charge is -2.25. The Balaban J connectivity index is 1.98. The molecule has 1 atom stereocenters. The molecule has 0 radical (unpaired) electrons. The standard InChI is InChI=1S/C26H25BrN2O6S/c1-6-35-25(31)22-14(2)28-26-29(23(22)15-7-9-20(34-5)18(27)12-15)24(30)21(36-26)13-16-11-17(32-3)8-10-19(16)33-4/h7-13,23H,6H2,1-5H3/b21-13+/t23-/m0/s1. The lowest BCUT2D eigenvalue weighted by molar-refractivity contribution is -0.139. The molecule has 2 aromatic carbocycles. The topological polar surface area (TPSA) is 88.4 Å². The van der Waals surface area contributed by atoms with Crippen LogP contribution in [-0.2, 0) is 9.53 Å². The molecule has 0 aliphatic carbocycles. The first-order chi connectivity index (χ1) is 17.3. The maximum atomic E-state index is 13.8. The van der Waals surface area contributed by atoms with Crippen molar-refractivity contribution in [3.63, 3.8) is 0 Å². The molecule has 1 aliphatic rings. The van der Waals surface area contributed by atoms with Crippen LogP contribution in [0.1, 0.15) is 31.0 Å². The zero-order valence-corrected chi connectivity index (χ0v) is 22.9. The minimum atomic E-state index is -0.725. The summed E-state index contributed by atoms with van der Waals surface area (Å²) in [5.41, 5.74) is 1.93. The van der Waals surface area contributed by atoms with Crippen LogP contribution in [0, 0.1) is 0 Å². The van der Waals surface area contributed by atoms with Gasteiger partial charge in [-0.2, -0.15) is 0 Å². The molecule has 0 saturated heterocycles. The van der Waals surface area contributed by atoms with Crippen molar-refractivity contribution in [3.8, 4) is 17.2 Å². The Morgan fingerprint density at radius 2 is 1.83 bits per heavy atom. The minimum absolute atomic E-state index is 0.203. The molecule has 4 rings (SSSR count). The first-order valence-corrected chi connectivity index (χ1v) is 12.7. The van der Waals surface area contributed by atoms with Gasteiger partial charge in [-0.05, 0) is 71.7 Å². The first-order valence-electron chi connectivity index (χ1n) is 11.1. The van der Waals surface area contributed by atoms with Crippen molar-refractivity contribution in [2.45, 2.75) is 19.9 Å². The van der Waals surface area contributed by atoms with Crippen molar-refractivity contribution >= 4 is 39.3 Å². The number of carbonyl (C=O) groups excluding carboxylic acids is 1. The predicted molar refractivity (Wildman–Crippen MR) is 141 cm³/mol. The van der Waals surface area contributed by atoms with E-state index in [0.29, 0.717) is 53.5 Å². The van der Waals surface area contributed by atoms with Crippen molar-refractivity contribution < 1.29 is 23.7 Å². The van der Waals surface area contributed by atoms with E-state index in [-0.39, 0.29) is 12.2 Å². The molecule has 8 nitrogen and oxygen atoms in total. The van der Waals surface area contributed by atoms with E-state index >= 15 is 0 Å². The highest BCUT2D eigenvalue weighted by molar-refractivity contribution is 9.10. The van der Waals surface area contributed by atoms with E-state index in [1.807, 2.05) is 12.1 Å². The van der Waals surface area contributed by atoms with Gasteiger partial charge in [0.1, 0.15) is 17.2 Å². The van der Waals surface area contributed by atoms with E-state index in [0.717, 1.165) is 0 Å². The number of thiazole rings is 1. The molecule has 10 heteroatoms. The van der Waals surface area contributed by atoms with Gasteiger partial charge in [-0.1, -0.05) is 17.4 Å². The fourth-order valence-electron chi connectivity index (χ4n) is 4.05. The number of halogens is 1. The van der Waals surface area contributed by atoms with Gasteiger partial charge in [0, 0.05) is 5.56 Å². The Morgan fingerprint density at radius 1 is 1.11 bits per heavy atom.